The summed E-state index contributed by atoms with van der Waals surface area (Å²) in [5.74, 6) is 0.475. The lowest BCUT2D eigenvalue weighted by Crippen LogP contribution is -2.34. The first-order valence-corrected chi connectivity index (χ1v) is 10.3. The molecule has 0 aliphatic carbocycles. The van der Waals surface area contributed by atoms with Crippen LogP contribution in [0.4, 0.5) is 0 Å². The quantitative estimate of drug-likeness (QED) is 0.812. The van der Waals surface area contributed by atoms with Crippen LogP contribution in [-0.2, 0) is 14.6 Å². The normalized spacial score (nSPS) is 14.6. The SMILES string of the molecule is CC(C)C(=O)NC[C@@H](c1cccnc1)S(=O)(=O)c1ccc2c(c1)OCCO2. The van der Waals surface area contributed by atoms with Crippen molar-refractivity contribution in [3.8, 4) is 11.5 Å². The van der Waals surface area contributed by atoms with Gasteiger partial charge in [0.25, 0.3) is 0 Å². The van der Waals surface area contributed by atoms with E-state index >= 15 is 0 Å². The van der Waals surface area contributed by atoms with Gasteiger partial charge < -0.3 is 14.8 Å². The lowest BCUT2D eigenvalue weighted by molar-refractivity contribution is -0.123. The van der Waals surface area contributed by atoms with Crippen molar-refractivity contribution in [2.45, 2.75) is 24.0 Å². The minimum absolute atomic E-state index is 0.0422. The number of hydrogen-bond acceptors (Lipinski definition) is 6. The summed E-state index contributed by atoms with van der Waals surface area (Å²) >= 11 is 0. The largest absolute Gasteiger partial charge is 0.486 e. The van der Waals surface area contributed by atoms with Gasteiger partial charge in [-0.1, -0.05) is 19.9 Å². The van der Waals surface area contributed by atoms with Crippen molar-refractivity contribution in [3.05, 3.63) is 48.3 Å². The summed E-state index contributed by atoms with van der Waals surface area (Å²) in [6.07, 6.45) is 3.08. The maximum absolute atomic E-state index is 13.3. The Bertz CT molecular complexity index is 913. The summed E-state index contributed by atoms with van der Waals surface area (Å²) in [6, 6.07) is 7.92. The summed E-state index contributed by atoms with van der Waals surface area (Å²) in [7, 11) is -3.80. The molecule has 0 fully saturated rings. The van der Waals surface area contributed by atoms with E-state index in [0.717, 1.165) is 0 Å². The van der Waals surface area contributed by atoms with Gasteiger partial charge in [0.05, 0.1) is 4.90 Å². The van der Waals surface area contributed by atoms with Crippen molar-refractivity contribution >= 4 is 15.7 Å². The monoisotopic (exact) mass is 390 g/mol. The van der Waals surface area contributed by atoms with Gasteiger partial charge in [0, 0.05) is 30.9 Å². The average Bonchev–Trinajstić information content (AvgIpc) is 2.68. The molecule has 27 heavy (non-hydrogen) atoms. The Morgan fingerprint density at radius 2 is 1.93 bits per heavy atom. The van der Waals surface area contributed by atoms with Gasteiger partial charge in [-0.3, -0.25) is 9.78 Å². The summed E-state index contributed by atoms with van der Waals surface area (Å²) in [6.45, 7) is 4.26. The van der Waals surface area contributed by atoms with Crippen LogP contribution in [0.1, 0.15) is 24.7 Å². The van der Waals surface area contributed by atoms with Crippen LogP contribution in [0.5, 0.6) is 11.5 Å². The maximum atomic E-state index is 13.3. The van der Waals surface area contributed by atoms with E-state index < -0.39 is 15.1 Å². The van der Waals surface area contributed by atoms with Crippen LogP contribution >= 0.6 is 0 Å². The molecule has 2 aromatic rings. The smallest absolute Gasteiger partial charge is 0.222 e. The molecule has 0 saturated heterocycles. The number of carbonyl (C=O) groups excluding carboxylic acids is 1. The summed E-state index contributed by atoms with van der Waals surface area (Å²) in [5.41, 5.74) is 0.511. The molecule has 0 radical (unpaired) electrons. The van der Waals surface area contributed by atoms with E-state index in [9.17, 15) is 13.2 Å². The Morgan fingerprint density at radius 3 is 2.59 bits per heavy atom. The fraction of sp³-hybridized carbons (Fsp3) is 0.368. The molecule has 3 rings (SSSR count). The Balaban J connectivity index is 1.96. The van der Waals surface area contributed by atoms with E-state index in [4.69, 9.17) is 9.47 Å². The molecular weight excluding hydrogens is 368 g/mol. The molecule has 1 aromatic carbocycles. The minimum atomic E-state index is -3.80. The number of aromatic nitrogens is 1. The first kappa shape index (κ1) is 19.2. The van der Waals surface area contributed by atoms with E-state index in [-0.39, 0.29) is 23.3 Å². The van der Waals surface area contributed by atoms with Crippen molar-refractivity contribution < 1.29 is 22.7 Å². The Kier molecular flexibility index (Phi) is 5.65. The Hall–Kier alpha value is -2.61. The highest BCUT2D eigenvalue weighted by molar-refractivity contribution is 7.91. The molecule has 0 unspecified atom stereocenters. The van der Waals surface area contributed by atoms with Crippen molar-refractivity contribution in [3.63, 3.8) is 0 Å². The average molecular weight is 390 g/mol. The second kappa shape index (κ2) is 7.96. The van der Waals surface area contributed by atoms with E-state index in [1.54, 1.807) is 38.2 Å². The number of benzene rings is 1. The predicted octanol–water partition coefficient (Wildman–Crippen LogP) is 2.14. The number of sulfone groups is 1. The van der Waals surface area contributed by atoms with Crippen LogP contribution in [0, 0.1) is 5.92 Å². The van der Waals surface area contributed by atoms with Gasteiger partial charge in [-0.15, -0.1) is 0 Å². The van der Waals surface area contributed by atoms with Gasteiger partial charge >= 0.3 is 0 Å². The van der Waals surface area contributed by atoms with Crippen LogP contribution in [0.25, 0.3) is 0 Å². The molecule has 1 amide bonds. The molecule has 144 valence electrons. The number of nitrogens with one attached hydrogen (secondary N) is 1. The topological polar surface area (TPSA) is 94.6 Å². The summed E-state index contributed by atoms with van der Waals surface area (Å²) in [4.78, 5) is 16.1. The predicted molar refractivity (Wildman–Crippen MR) is 99.4 cm³/mol. The van der Waals surface area contributed by atoms with Crippen molar-refractivity contribution in [2.75, 3.05) is 19.8 Å². The molecule has 8 heteroatoms. The number of carbonyl (C=O) groups is 1. The van der Waals surface area contributed by atoms with Crippen LogP contribution < -0.4 is 14.8 Å². The minimum Gasteiger partial charge on any atom is -0.486 e. The van der Waals surface area contributed by atoms with E-state index in [1.165, 1.54) is 18.3 Å². The summed E-state index contributed by atoms with van der Waals surface area (Å²) in [5, 5.41) is 1.76. The van der Waals surface area contributed by atoms with Gasteiger partial charge in [0.15, 0.2) is 21.3 Å². The Morgan fingerprint density at radius 1 is 1.19 bits per heavy atom. The third-order valence-corrected chi connectivity index (χ3v) is 6.36. The third-order valence-electron chi connectivity index (χ3n) is 4.26. The maximum Gasteiger partial charge on any atom is 0.222 e. The molecule has 1 N–H and O–H groups in total. The molecule has 1 atom stereocenters. The molecular formula is C19H22N2O5S. The van der Waals surface area contributed by atoms with Crippen LogP contribution in [-0.4, -0.2) is 39.1 Å². The molecule has 0 spiro atoms. The zero-order chi connectivity index (χ0) is 19.4. The van der Waals surface area contributed by atoms with Crippen molar-refractivity contribution in [1.82, 2.24) is 10.3 Å². The standard InChI is InChI=1S/C19H22N2O5S/c1-13(2)19(22)21-12-18(14-4-3-7-20-11-14)27(23,24)15-5-6-16-17(10-15)26-9-8-25-16/h3-7,10-11,13,18H,8-9,12H2,1-2H3,(H,21,22)/t18-/m0/s1. The van der Waals surface area contributed by atoms with E-state index in [1.807, 2.05) is 0 Å². The second-order valence-corrected chi connectivity index (χ2v) is 8.66. The number of rotatable bonds is 6. The van der Waals surface area contributed by atoms with Crippen LogP contribution in [0.3, 0.4) is 0 Å². The lowest BCUT2D eigenvalue weighted by Gasteiger charge is -2.22. The third kappa shape index (κ3) is 4.21. The highest BCUT2D eigenvalue weighted by Gasteiger charge is 2.31. The number of nitrogens with zero attached hydrogens (tertiary/aromatic N) is 1. The Labute approximate surface area is 158 Å². The molecule has 0 saturated carbocycles. The van der Waals surface area contributed by atoms with Crippen molar-refractivity contribution in [1.29, 1.82) is 0 Å². The zero-order valence-electron chi connectivity index (χ0n) is 15.2. The lowest BCUT2D eigenvalue weighted by atomic mass is 10.2. The zero-order valence-corrected chi connectivity index (χ0v) is 16.0. The molecule has 1 aliphatic rings. The highest BCUT2D eigenvalue weighted by atomic mass is 32.2. The number of pyridine rings is 1. The van der Waals surface area contributed by atoms with Crippen LogP contribution in [0.15, 0.2) is 47.6 Å². The molecule has 1 aliphatic heterocycles. The van der Waals surface area contributed by atoms with E-state index in [0.29, 0.717) is 30.3 Å². The van der Waals surface area contributed by atoms with Gasteiger partial charge in [0.2, 0.25) is 5.91 Å². The fourth-order valence-electron chi connectivity index (χ4n) is 2.74. The molecule has 0 bridgehead atoms. The van der Waals surface area contributed by atoms with Gasteiger partial charge in [0.1, 0.15) is 18.5 Å². The molecule has 1 aromatic heterocycles. The second-order valence-electron chi connectivity index (χ2n) is 6.53. The summed E-state index contributed by atoms with van der Waals surface area (Å²) < 4.78 is 37.6. The first-order valence-electron chi connectivity index (χ1n) is 8.71. The van der Waals surface area contributed by atoms with Crippen LogP contribution in [0.2, 0.25) is 0 Å². The van der Waals surface area contributed by atoms with Crippen molar-refractivity contribution in [2.24, 2.45) is 5.92 Å². The fourth-order valence-corrected chi connectivity index (χ4v) is 4.39. The number of ether oxygens (including phenoxy) is 2. The van der Waals surface area contributed by atoms with E-state index in [2.05, 4.69) is 10.3 Å². The number of amides is 1. The van der Waals surface area contributed by atoms with Gasteiger partial charge in [-0.05, 0) is 23.8 Å². The van der Waals surface area contributed by atoms with Gasteiger partial charge in [-0.2, -0.15) is 0 Å². The van der Waals surface area contributed by atoms with Gasteiger partial charge in [-0.25, -0.2) is 8.42 Å². The highest BCUT2D eigenvalue weighted by Crippen LogP contribution is 2.36. The first-order chi connectivity index (χ1) is 12.9. The molecule has 7 nitrogen and oxygen atoms in total. The number of fused-ring (bicyclic) bond motifs is 1. The molecule has 2 heterocycles. The number of hydrogen-bond donors (Lipinski definition) is 1.